The maximum Gasteiger partial charge on any atom is 0.369 e. The first-order valence-electron chi connectivity index (χ1n) is 5.56. The number of Topliss-reactive ketones (excluding diaryl/α,β-unsaturated/α-hetero) is 1. The number of aliphatic hydroxyl groups is 1. The van der Waals surface area contributed by atoms with Gasteiger partial charge in [-0.25, -0.2) is 0 Å². The van der Waals surface area contributed by atoms with Crippen molar-refractivity contribution < 1.29 is 44.1 Å². The topological polar surface area (TPSA) is 184 Å². The van der Waals surface area contributed by atoms with Crippen LogP contribution in [0.2, 0.25) is 0 Å². The zero-order valence-corrected chi connectivity index (χ0v) is 13.3. The second kappa shape index (κ2) is 6.77. The summed E-state index contributed by atoms with van der Waals surface area (Å²) in [6, 6.07) is 0. The maximum absolute atomic E-state index is 11.9. The molecule has 0 aliphatic rings. The van der Waals surface area contributed by atoms with Crippen LogP contribution in [0.4, 0.5) is 0 Å². The fourth-order valence-electron chi connectivity index (χ4n) is 1.59. The predicted octanol–water partition coefficient (Wildman–Crippen LogP) is -0.0513. The van der Waals surface area contributed by atoms with E-state index in [1.165, 1.54) is 13.8 Å². The standard InChI is InChI=1S/C9H20O8P2.H2O/c1-4-5-8(2,3)7(10)6-9(11,18(12,13)14)19(15,16)17;/h11H,4-6H2,1-3H3,(H2,12,13,14)(H2,15,16,17);1H2. The Bertz CT molecular complexity index is 411. The Morgan fingerprint density at radius 2 is 1.40 bits per heavy atom. The van der Waals surface area contributed by atoms with Gasteiger partial charge in [0.1, 0.15) is 5.78 Å². The van der Waals surface area contributed by atoms with E-state index in [2.05, 4.69) is 0 Å². The summed E-state index contributed by atoms with van der Waals surface area (Å²) >= 11 is 0. The van der Waals surface area contributed by atoms with E-state index in [1.807, 2.05) is 0 Å². The van der Waals surface area contributed by atoms with Gasteiger partial charge >= 0.3 is 15.2 Å². The molecule has 0 rings (SSSR count). The maximum atomic E-state index is 11.9. The van der Waals surface area contributed by atoms with Crippen molar-refractivity contribution in [3.63, 3.8) is 0 Å². The largest absolute Gasteiger partial charge is 0.412 e. The highest BCUT2D eigenvalue weighted by Crippen LogP contribution is 2.69. The van der Waals surface area contributed by atoms with Crippen molar-refractivity contribution in [1.29, 1.82) is 0 Å². The first-order chi connectivity index (χ1) is 8.19. The van der Waals surface area contributed by atoms with Crippen LogP contribution in [0.1, 0.15) is 40.0 Å². The van der Waals surface area contributed by atoms with Gasteiger partial charge < -0.3 is 30.2 Å². The molecule has 0 unspecified atom stereocenters. The Balaban J connectivity index is 0. The van der Waals surface area contributed by atoms with Gasteiger partial charge in [0.2, 0.25) is 0 Å². The zero-order valence-electron chi connectivity index (χ0n) is 11.5. The Morgan fingerprint density at radius 3 is 1.65 bits per heavy atom. The minimum atomic E-state index is -5.58. The molecule has 0 amide bonds. The lowest BCUT2D eigenvalue weighted by Crippen LogP contribution is -2.36. The van der Waals surface area contributed by atoms with Crippen LogP contribution in [0.5, 0.6) is 0 Å². The van der Waals surface area contributed by atoms with Crippen LogP contribution in [0.3, 0.4) is 0 Å². The third kappa shape index (κ3) is 4.72. The van der Waals surface area contributed by atoms with Gasteiger partial charge in [-0.05, 0) is 6.42 Å². The molecule has 0 heterocycles. The Morgan fingerprint density at radius 1 is 1.05 bits per heavy atom. The molecule has 0 spiro atoms. The summed E-state index contributed by atoms with van der Waals surface area (Å²) in [5.74, 6) is -0.816. The SMILES string of the molecule is CCCC(C)(C)C(=O)CC(O)(P(=O)(O)O)P(=O)(O)O.O. The third-order valence-corrected chi connectivity index (χ3v) is 6.71. The molecule has 9 nitrogen and oxygen atoms in total. The first-order valence-corrected chi connectivity index (χ1v) is 8.78. The van der Waals surface area contributed by atoms with Crippen LogP contribution in [0.25, 0.3) is 0 Å². The highest BCUT2D eigenvalue weighted by Gasteiger charge is 2.61. The molecule has 0 aliphatic heterocycles. The minimum absolute atomic E-state index is 0. The van der Waals surface area contributed by atoms with Gasteiger partial charge in [-0.2, -0.15) is 0 Å². The second-order valence-electron chi connectivity index (χ2n) is 5.10. The number of carbonyl (C=O) groups is 1. The molecule has 0 bridgehead atoms. The van der Waals surface area contributed by atoms with Crippen molar-refractivity contribution in [2.75, 3.05) is 0 Å². The summed E-state index contributed by atoms with van der Waals surface area (Å²) < 4.78 is 22.2. The van der Waals surface area contributed by atoms with Gasteiger partial charge in [0.05, 0.1) is 6.42 Å². The van der Waals surface area contributed by atoms with Crippen LogP contribution >= 0.6 is 15.2 Å². The van der Waals surface area contributed by atoms with Crippen molar-refractivity contribution in [2.24, 2.45) is 5.41 Å². The number of hydrogen-bond acceptors (Lipinski definition) is 4. The molecule has 0 saturated heterocycles. The molecule has 0 radical (unpaired) electrons. The Labute approximate surface area is 116 Å². The van der Waals surface area contributed by atoms with Crippen LogP contribution in [0, 0.1) is 5.41 Å². The van der Waals surface area contributed by atoms with Gasteiger partial charge in [0.25, 0.3) is 5.08 Å². The quantitative estimate of drug-likeness (QED) is 0.400. The third-order valence-electron chi connectivity index (χ3n) is 2.96. The van der Waals surface area contributed by atoms with Crippen molar-refractivity contribution in [3.8, 4) is 0 Å². The number of hydrogen-bond donors (Lipinski definition) is 5. The second-order valence-corrected chi connectivity index (χ2v) is 9.10. The molecule has 0 atom stereocenters. The van der Waals surface area contributed by atoms with E-state index in [0.717, 1.165) is 0 Å². The minimum Gasteiger partial charge on any atom is -0.412 e. The molecule has 0 saturated carbocycles. The van der Waals surface area contributed by atoms with E-state index in [9.17, 15) is 19.0 Å². The summed E-state index contributed by atoms with van der Waals surface area (Å²) in [4.78, 5) is 47.7. The average molecular weight is 336 g/mol. The molecular weight excluding hydrogens is 314 g/mol. The van der Waals surface area contributed by atoms with Crippen molar-refractivity contribution in [1.82, 2.24) is 0 Å². The molecular formula is C9H22O9P2. The monoisotopic (exact) mass is 336 g/mol. The van der Waals surface area contributed by atoms with Crippen LogP contribution < -0.4 is 0 Å². The van der Waals surface area contributed by atoms with Crippen LogP contribution in [0.15, 0.2) is 0 Å². The van der Waals surface area contributed by atoms with Crippen molar-refractivity contribution >= 4 is 21.0 Å². The molecule has 0 aliphatic carbocycles. The lowest BCUT2D eigenvalue weighted by Gasteiger charge is -2.32. The first kappa shape index (κ1) is 22.2. The average Bonchev–Trinajstić information content (AvgIpc) is 2.13. The molecule has 0 aromatic rings. The van der Waals surface area contributed by atoms with Crippen LogP contribution in [-0.2, 0) is 13.9 Å². The highest BCUT2D eigenvalue weighted by atomic mass is 31.2. The fourth-order valence-corrected chi connectivity index (χ4v) is 3.65. The van der Waals surface area contributed by atoms with Crippen molar-refractivity contribution in [2.45, 2.75) is 45.1 Å². The fraction of sp³-hybridized carbons (Fsp3) is 0.889. The predicted molar refractivity (Wildman–Crippen MR) is 71.0 cm³/mol. The van der Waals surface area contributed by atoms with Gasteiger partial charge in [-0.15, -0.1) is 0 Å². The molecule has 0 aromatic carbocycles. The molecule has 0 fully saturated rings. The lowest BCUT2D eigenvalue weighted by molar-refractivity contribution is -0.129. The van der Waals surface area contributed by atoms with Crippen molar-refractivity contribution in [3.05, 3.63) is 0 Å². The number of rotatable bonds is 7. The molecule has 11 heteroatoms. The van der Waals surface area contributed by atoms with E-state index in [-0.39, 0.29) is 5.48 Å². The summed E-state index contributed by atoms with van der Waals surface area (Å²) in [7, 11) is -11.2. The number of ketones is 1. The molecule has 122 valence electrons. The van der Waals surface area contributed by atoms with E-state index in [1.54, 1.807) is 6.92 Å². The van der Waals surface area contributed by atoms with Crippen LogP contribution in [-0.4, -0.2) is 41.0 Å². The summed E-state index contributed by atoms with van der Waals surface area (Å²) in [6.45, 7) is 4.75. The lowest BCUT2D eigenvalue weighted by atomic mass is 9.82. The Kier molecular flexibility index (Phi) is 7.50. The van der Waals surface area contributed by atoms with Gasteiger partial charge in [-0.1, -0.05) is 27.2 Å². The van der Waals surface area contributed by atoms with Gasteiger partial charge in [0.15, 0.2) is 0 Å². The van der Waals surface area contributed by atoms with E-state index >= 15 is 0 Å². The normalized spacial score (nSPS) is 13.8. The molecule has 0 aromatic heterocycles. The van der Waals surface area contributed by atoms with Gasteiger partial charge in [-0.3, -0.25) is 13.9 Å². The van der Waals surface area contributed by atoms with E-state index in [4.69, 9.17) is 19.6 Å². The highest BCUT2D eigenvalue weighted by molar-refractivity contribution is 7.72. The summed E-state index contributed by atoms with van der Waals surface area (Å²) in [5, 5.41) is 5.97. The molecule has 7 N–H and O–H groups in total. The van der Waals surface area contributed by atoms with Gasteiger partial charge in [0, 0.05) is 5.41 Å². The summed E-state index contributed by atoms with van der Waals surface area (Å²) in [6.07, 6.45) is -0.332. The van der Waals surface area contributed by atoms with E-state index in [0.29, 0.717) is 12.8 Å². The van der Waals surface area contributed by atoms with E-state index < -0.39 is 37.9 Å². The smallest absolute Gasteiger partial charge is 0.369 e. The number of carbonyl (C=O) groups excluding carboxylic acids is 1. The summed E-state index contributed by atoms with van der Waals surface area (Å²) in [5.41, 5.74) is -1.03. The Hall–Kier alpha value is -0.110. The molecule has 20 heavy (non-hydrogen) atoms. The zero-order chi connectivity index (χ0) is 15.7.